The highest BCUT2D eigenvalue weighted by Gasteiger charge is 2.13. The Morgan fingerprint density at radius 2 is 1.78 bits per heavy atom. The molecular formula is C13H12BClO3. The average Bonchev–Trinajstić information content (AvgIpc) is 2.38. The molecule has 0 amide bonds. The summed E-state index contributed by atoms with van der Waals surface area (Å²) in [5, 5.41) is 18.6. The van der Waals surface area contributed by atoms with E-state index in [4.69, 9.17) is 26.4 Å². The fourth-order valence-corrected chi connectivity index (χ4v) is 1.70. The van der Waals surface area contributed by atoms with Crippen LogP contribution in [-0.4, -0.2) is 17.2 Å². The molecule has 92 valence electrons. The number of rotatable bonds is 4. The number of halogens is 1. The summed E-state index contributed by atoms with van der Waals surface area (Å²) in [5.41, 5.74) is 1.37. The summed E-state index contributed by atoms with van der Waals surface area (Å²) >= 11 is 5.98. The first-order chi connectivity index (χ1) is 8.66. The van der Waals surface area contributed by atoms with Crippen LogP contribution in [0.3, 0.4) is 0 Å². The van der Waals surface area contributed by atoms with E-state index in [1.165, 1.54) is 6.07 Å². The summed E-state index contributed by atoms with van der Waals surface area (Å²) in [7, 11) is -1.53. The summed E-state index contributed by atoms with van der Waals surface area (Å²) in [5.74, 6) is 0.436. The van der Waals surface area contributed by atoms with Crippen molar-refractivity contribution in [3.05, 3.63) is 59.1 Å². The lowest BCUT2D eigenvalue weighted by atomic mass is 9.80. The van der Waals surface area contributed by atoms with Crippen molar-refractivity contribution < 1.29 is 14.8 Å². The molecule has 0 aliphatic rings. The molecule has 0 bridgehead atoms. The van der Waals surface area contributed by atoms with Gasteiger partial charge in [-0.25, -0.2) is 0 Å². The normalized spacial score (nSPS) is 10.2. The third kappa shape index (κ3) is 3.26. The van der Waals surface area contributed by atoms with Gasteiger partial charge in [0, 0.05) is 0 Å². The first-order valence-electron chi connectivity index (χ1n) is 5.49. The predicted molar refractivity (Wildman–Crippen MR) is 72.1 cm³/mol. The van der Waals surface area contributed by atoms with Gasteiger partial charge in [-0.3, -0.25) is 0 Å². The number of ether oxygens (including phenoxy) is 1. The highest BCUT2D eigenvalue weighted by atomic mass is 35.5. The van der Waals surface area contributed by atoms with Crippen LogP contribution in [0.4, 0.5) is 0 Å². The first kappa shape index (κ1) is 13.0. The molecule has 0 aromatic heterocycles. The molecule has 0 aliphatic carbocycles. The summed E-state index contributed by atoms with van der Waals surface area (Å²) in [6.45, 7) is 0.380. The predicted octanol–water partition coefficient (Wildman–Crippen LogP) is 1.60. The average molecular weight is 263 g/mol. The van der Waals surface area contributed by atoms with Crippen molar-refractivity contribution in [1.82, 2.24) is 0 Å². The van der Waals surface area contributed by atoms with Crippen molar-refractivity contribution >= 4 is 24.2 Å². The van der Waals surface area contributed by atoms with Gasteiger partial charge in [0.1, 0.15) is 12.4 Å². The van der Waals surface area contributed by atoms with Gasteiger partial charge in [-0.05, 0) is 23.2 Å². The Hall–Kier alpha value is -1.49. The summed E-state index contributed by atoms with van der Waals surface area (Å²) < 4.78 is 5.56. The third-order valence-electron chi connectivity index (χ3n) is 2.49. The van der Waals surface area contributed by atoms with Gasteiger partial charge in [0.15, 0.2) is 0 Å². The van der Waals surface area contributed by atoms with Gasteiger partial charge in [-0.1, -0.05) is 48.0 Å². The van der Waals surface area contributed by atoms with E-state index >= 15 is 0 Å². The lowest BCUT2D eigenvalue weighted by Crippen LogP contribution is -2.29. The molecule has 18 heavy (non-hydrogen) atoms. The maximum Gasteiger partial charge on any atom is 0.488 e. The van der Waals surface area contributed by atoms with Crippen LogP contribution in [0.2, 0.25) is 5.02 Å². The minimum atomic E-state index is -1.53. The van der Waals surface area contributed by atoms with E-state index in [-0.39, 0.29) is 0 Å². The summed E-state index contributed by atoms with van der Waals surface area (Å²) in [4.78, 5) is 0. The van der Waals surface area contributed by atoms with Gasteiger partial charge in [0.05, 0.1) is 5.02 Å². The second kappa shape index (κ2) is 5.91. The van der Waals surface area contributed by atoms with Crippen LogP contribution in [0.25, 0.3) is 0 Å². The van der Waals surface area contributed by atoms with Gasteiger partial charge in [-0.2, -0.15) is 0 Å². The van der Waals surface area contributed by atoms with E-state index in [9.17, 15) is 0 Å². The molecule has 0 radical (unpaired) electrons. The van der Waals surface area contributed by atoms with Crippen LogP contribution in [0.15, 0.2) is 48.5 Å². The molecule has 0 saturated carbocycles. The number of benzene rings is 2. The maximum atomic E-state index is 9.08. The maximum absolute atomic E-state index is 9.08. The standard InChI is InChI=1S/C13H12BClO3/c15-12-7-6-11(14(16)17)8-13(12)18-9-10-4-2-1-3-5-10/h1-8,16-17H,9H2. The van der Waals surface area contributed by atoms with Crippen molar-refractivity contribution in [3.63, 3.8) is 0 Å². The van der Waals surface area contributed by atoms with Crippen molar-refractivity contribution in [3.8, 4) is 5.75 Å². The second-order valence-electron chi connectivity index (χ2n) is 3.84. The van der Waals surface area contributed by atoms with Crippen LogP contribution < -0.4 is 10.2 Å². The molecule has 0 atom stereocenters. The molecule has 2 N–H and O–H groups in total. The van der Waals surface area contributed by atoms with Crippen molar-refractivity contribution in [2.75, 3.05) is 0 Å². The zero-order chi connectivity index (χ0) is 13.0. The van der Waals surface area contributed by atoms with Crippen molar-refractivity contribution in [2.24, 2.45) is 0 Å². The SMILES string of the molecule is OB(O)c1ccc(Cl)c(OCc2ccccc2)c1. The monoisotopic (exact) mass is 262 g/mol. The fourth-order valence-electron chi connectivity index (χ4n) is 1.53. The van der Waals surface area contributed by atoms with E-state index in [0.717, 1.165) is 5.56 Å². The van der Waals surface area contributed by atoms with Crippen LogP contribution in [-0.2, 0) is 6.61 Å². The molecule has 2 aromatic carbocycles. The molecule has 3 nitrogen and oxygen atoms in total. The highest BCUT2D eigenvalue weighted by Crippen LogP contribution is 2.23. The van der Waals surface area contributed by atoms with Gasteiger partial charge in [0.25, 0.3) is 0 Å². The van der Waals surface area contributed by atoms with E-state index in [2.05, 4.69) is 0 Å². The Bertz CT molecular complexity index is 517. The van der Waals surface area contributed by atoms with Crippen LogP contribution in [0.5, 0.6) is 5.75 Å². The van der Waals surface area contributed by atoms with Crippen LogP contribution in [0, 0.1) is 0 Å². The Labute approximate surface area is 111 Å². The molecule has 0 fully saturated rings. The van der Waals surface area contributed by atoms with Crippen molar-refractivity contribution in [1.29, 1.82) is 0 Å². The van der Waals surface area contributed by atoms with E-state index < -0.39 is 7.12 Å². The smallest absolute Gasteiger partial charge is 0.487 e. The molecule has 0 unspecified atom stereocenters. The summed E-state index contributed by atoms with van der Waals surface area (Å²) in [6, 6.07) is 14.3. The second-order valence-corrected chi connectivity index (χ2v) is 4.25. The van der Waals surface area contributed by atoms with E-state index in [0.29, 0.717) is 22.8 Å². The van der Waals surface area contributed by atoms with Crippen LogP contribution in [0.1, 0.15) is 5.56 Å². The molecule has 2 rings (SSSR count). The molecule has 2 aromatic rings. The molecular weight excluding hydrogens is 250 g/mol. The highest BCUT2D eigenvalue weighted by molar-refractivity contribution is 6.58. The number of hydrogen-bond donors (Lipinski definition) is 2. The van der Waals surface area contributed by atoms with Crippen molar-refractivity contribution in [2.45, 2.75) is 6.61 Å². The minimum absolute atomic E-state index is 0.350. The van der Waals surface area contributed by atoms with Gasteiger partial charge >= 0.3 is 7.12 Å². The number of hydrogen-bond acceptors (Lipinski definition) is 3. The van der Waals surface area contributed by atoms with Gasteiger partial charge in [-0.15, -0.1) is 0 Å². The Morgan fingerprint density at radius 1 is 1.06 bits per heavy atom. The molecule has 0 spiro atoms. The Morgan fingerprint density at radius 3 is 2.44 bits per heavy atom. The lowest BCUT2D eigenvalue weighted by molar-refractivity contribution is 0.306. The quantitative estimate of drug-likeness (QED) is 0.823. The third-order valence-corrected chi connectivity index (χ3v) is 2.80. The Kier molecular flexibility index (Phi) is 4.26. The van der Waals surface area contributed by atoms with Crippen LogP contribution >= 0.6 is 11.6 Å². The lowest BCUT2D eigenvalue weighted by Gasteiger charge is -2.09. The van der Waals surface area contributed by atoms with E-state index in [1.54, 1.807) is 12.1 Å². The van der Waals surface area contributed by atoms with Gasteiger partial charge < -0.3 is 14.8 Å². The van der Waals surface area contributed by atoms with E-state index in [1.807, 2.05) is 30.3 Å². The topological polar surface area (TPSA) is 49.7 Å². The molecule has 5 heteroatoms. The zero-order valence-corrected chi connectivity index (χ0v) is 10.3. The summed E-state index contributed by atoms with van der Waals surface area (Å²) in [6.07, 6.45) is 0. The fraction of sp³-hybridized carbons (Fsp3) is 0.0769. The van der Waals surface area contributed by atoms with Gasteiger partial charge in [0.2, 0.25) is 0 Å². The first-order valence-corrected chi connectivity index (χ1v) is 5.87. The molecule has 0 heterocycles. The molecule has 0 saturated heterocycles. The minimum Gasteiger partial charge on any atom is -0.487 e. The Balaban J connectivity index is 2.11. The largest absolute Gasteiger partial charge is 0.488 e. The zero-order valence-electron chi connectivity index (χ0n) is 9.58. The molecule has 0 aliphatic heterocycles.